The second-order valence-electron chi connectivity index (χ2n) is 3.48. The van der Waals surface area contributed by atoms with Crippen LogP contribution in [0.3, 0.4) is 0 Å². The Morgan fingerprint density at radius 1 is 1.44 bits per heavy atom. The third-order valence-electron chi connectivity index (χ3n) is 2.37. The van der Waals surface area contributed by atoms with Crippen molar-refractivity contribution in [2.45, 2.75) is 13.5 Å². The average molecular weight is 232 g/mol. The molecule has 0 saturated heterocycles. The number of hydrogen-bond acceptors (Lipinski definition) is 3. The van der Waals surface area contributed by atoms with E-state index in [0.29, 0.717) is 12.2 Å². The van der Waals surface area contributed by atoms with Crippen LogP contribution < -0.4 is 5.32 Å². The first-order chi connectivity index (χ1) is 7.77. The molecular weight excluding hydrogens is 220 g/mol. The Bertz CT molecular complexity index is 480. The van der Waals surface area contributed by atoms with Gasteiger partial charge in [-0.15, -0.1) is 11.3 Å². The summed E-state index contributed by atoms with van der Waals surface area (Å²) in [6, 6.07) is 8.00. The lowest BCUT2D eigenvalue weighted by Gasteiger charge is -2.06. The SMILES string of the molecule is Cc1ccccc1CNC(=O)c1cscn1. The first kappa shape index (κ1) is 10.8. The summed E-state index contributed by atoms with van der Waals surface area (Å²) >= 11 is 1.42. The maximum absolute atomic E-state index is 11.6. The lowest BCUT2D eigenvalue weighted by Crippen LogP contribution is -2.23. The van der Waals surface area contributed by atoms with Gasteiger partial charge in [-0.3, -0.25) is 4.79 Å². The number of carbonyl (C=O) groups is 1. The van der Waals surface area contributed by atoms with E-state index in [1.165, 1.54) is 16.9 Å². The highest BCUT2D eigenvalue weighted by molar-refractivity contribution is 7.07. The minimum atomic E-state index is -0.121. The molecule has 4 heteroatoms. The van der Waals surface area contributed by atoms with Crippen LogP contribution >= 0.6 is 11.3 Å². The number of amides is 1. The highest BCUT2D eigenvalue weighted by Gasteiger charge is 2.07. The van der Waals surface area contributed by atoms with Crippen molar-refractivity contribution in [1.82, 2.24) is 10.3 Å². The van der Waals surface area contributed by atoms with Gasteiger partial charge in [0, 0.05) is 11.9 Å². The number of aryl methyl sites for hydroxylation is 1. The Hall–Kier alpha value is -1.68. The Kier molecular flexibility index (Phi) is 3.31. The standard InChI is InChI=1S/C12H12N2OS/c1-9-4-2-3-5-10(9)6-13-12(15)11-7-16-8-14-11/h2-5,7-8H,6H2,1H3,(H,13,15). The van der Waals surface area contributed by atoms with Crippen LogP contribution in [0.5, 0.6) is 0 Å². The maximum atomic E-state index is 11.6. The maximum Gasteiger partial charge on any atom is 0.271 e. The van der Waals surface area contributed by atoms with Crippen molar-refractivity contribution in [1.29, 1.82) is 0 Å². The summed E-state index contributed by atoms with van der Waals surface area (Å²) in [6.45, 7) is 2.58. The van der Waals surface area contributed by atoms with Gasteiger partial charge >= 0.3 is 0 Å². The molecule has 0 spiro atoms. The van der Waals surface area contributed by atoms with Crippen LogP contribution in [0.4, 0.5) is 0 Å². The van der Waals surface area contributed by atoms with E-state index in [-0.39, 0.29) is 5.91 Å². The molecule has 0 aliphatic heterocycles. The number of rotatable bonds is 3. The number of nitrogens with zero attached hydrogens (tertiary/aromatic N) is 1. The molecule has 82 valence electrons. The zero-order valence-electron chi connectivity index (χ0n) is 8.93. The van der Waals surface area contributed by atoms with E-state index >= 15 is 0 Å². The van der Waals surface area contributed by atoms with Crippen molar-refractivity contribution < 1.29 is 4.79 Å². The van der Waals surface area contributed by atoms with E-state index in [1.807, 2.05) is 31.2 Å². The molecule has 1 N–H and O–H groups in total. The summed E-state index contributed by atoms with van der Waals surface area (Å²) in [5, 5.41) is 4.59. The fraction of sp³-hybridized carbons (Fsp3) is 0.167. The van der Waals surface area contributed by atoms with Gasteiger partial charge in [-0.2, -0.15) is 0 Å². The molecule has 0 bridgehead atoms. The van der Waals surface area contributed by atoms with Gasteiger partial charge in [0.05, 0.1) is 5.51 Å². The van der Waals surface area contributed by atoms with Gasteiger partial charge in [0.15, 0.2) is 0 Å². The predicted octanol–water partition coefficient (Wildman–Crippen LogP) is 2.38. The molecular formula is C12H12N2OS. The molecule has 0 atom stereocenters. The van der Waals surface area contributed by atoms with Crippen molar-refractivity contribution in [2.24, 2.45) is 0 Å². The molecule has 1 aromatic carbocycles. The van der Waals surface area contributed by atoms with Crippen molar-refractivity contribution >= 4 is 17.2 Å². The summed E-state index contributed by atoms with van der Waals surface area (Å²) in [5.41, 5.74) is 4.45. The molecule has 0 radical (unpaired) electrons. The number of aromatic nitrogens is 1. The quantitative estimate of drug-likeness (QED) is 0.882. The molecule has 1 aromatic heterocycles. The first-order valence-corrected chi connectivity index (χ1v) is 5.92. The van der Waals surface area contributed by atoms with Gasteiger partial charge in [-0.1, -0.05) is 24.3 Å². The number of hydrogen-bond donors (Lipinski definition) is 1. The monoisotopic (exact) mass is 232 g/mol. The zero-order valence-corrected chi connectivity index (χ0v) is 9.75. The second-order valence-corrected chi connectivity index (χ2v) is 4.20. The van der Waals surface area contributed by atoms with E-state index < -0.39 is 0 Å². The van der Waals surface area contributed by atoms with Crippen molar-refractivity contribution in [3.8, 4) is 0 Å². The Morgan fingerprint density at radius 2 is 2.25 bits per heavy atom. The van der Waals surface area contributed by atoms with Crippen LogP contribution in [-0.4, -0.2) is 10.9 Å². The van der Waals surface area contributed by atoms with E-state index in [1.54, 1.807) is 10.9 Å². The van der Waals surface area contributed by atoms with E-state index in [0.717, 1.165) is 5.56 Å². The molecule has 0 fully saturated rings. The van der Waals surface area contributed by atoms with Gasteiger partial charge < -0.3 is 5.32 Å². The van der Waals surface area contributed by atoms with Crippen molar-refractivity contribution in [3.05, 3.63) is 52.0 Å². The minimum Gasteiger partial charge on any atom is -0.347 e. The van der Waals surface area contributed by atoms with E-state index in [2.05, 4.69) is 10.3 Å². The summed E-state index contributed by atoms with van der Waals surface area (Å²) < 4.78 is 0. The molecule has 2 rings (SSSR count). The zero-order chi connectivity index (χ0) is 11.4. The Labute approximate surface area is 98.2 Å². The largest absolute Gasteiger partial charge is 0.347 e. The second kappa shape index (κ2) is 4.90. The van der Waals surface area contributed by atoms with Crippen molar-refractivity contribution in [3.63, 3.8) is 0 Å². The van der Waals surface area contributed by atoms with E-state index in [4.69, 9.17) is 0 Å². The third-order valence-corrected chi connectivity index (χ3v) is 2.95. The molecule has 0 unspecified atom stereocenters. The summed E-state index contributed by atoms with van der Waals surface area (Å²) in [4.78, 5) is 15.6. The number of thiazole rings is 1. The fourth-order valence-corrected chi connectivity index (χ4v) is 1.93. The van der Waals surface area contributed by atoms with E-state index in [9.17, 15) is 4.79 Å². The van der Waals surface area contributed by atoms with Crippen LogP contribution in [0.1, 0.15) is 21.6 Å². The molecule has 16 heavy (non-hydrogen) atoms. The molecule has 0 aliphatic rings. The van der Waals surface area contributed by atoms with Gasteiger partial charge in [-0.05, 0) is 18.1 Å². The highest BCUT2D eigenvalue weighted by Crippen LogP contribution is 2.07. The minimum absolute atomic E-state index is 0.121. The summed E-state index contributed by atoms with van der Waals surface area (Å²) in [7, 11) is 0. The highest BCUT2D eigenvalue weighted by atomic mass is 32.1. The number of benzene rings is 1. The predicted molar refractivity (Wildman–Crippen MR) is 64.5 cm³/mol. The third kappa shape index (κ3) is 2.46. The fourth-order valence-electron chi connectivity index (χ4n) is 1.40. The normalized spacial score (nSPS) is 10.1. The summed E-state index contributed by atoms with van der Waals surface area (Å²) in [5.74, 6) is -0.121. The molecule has 0 aliphatic carbocycles. The average Bonchev–Trinajstić information content (AvgIpc) is 2.81. The Balaban J connectivity index is 1.98. The lowest BCUT2D eigenvalue weighted by molar-refractivity contribution is 0.0946. The summed E-state index contributed by atoms with van der Waals surface area (Å²) in [6.07, 6.45) is 0. The van der Waals surface area contributed by atoms with Crippen LogP contribution in [0, 0.1) is 6.92 Å². The topological polar surface area (TPSA) is 42.0 Å². The molecule has 3 nitrogen and oxygen atoms in total. The molecule has 0 saturated carbocycles. The van der Waals surface area contributed by atoms with Gasteiger partial charge in [0.25, 0.3) is 5.91 Å². The van der Waals surface area contributed by atoms with Crippen LogP contribution in [0.25, 0.3) is 0 Å². The lowest BCUT2D eigenvalue weighted by atomic mass is 10.1. The Morgan fingerprint density at radius 3 is 2.94 bits per heavy atom. The molecule has 2 aromatic rings. The van der Waals surface area contributed by atoms with Gasteiger partial charge in [-0.25, -0.2) is 4.98 Å². The molecule has 1 heterocycles. The number of nitrogens with one attached hydrogen (secondary N) is 1. The smallest absolute Gasteiger partial charge is 0.271 e. The van der Waals surface area contributed by atoms with Gasteiger partial charge in [0.1, 0.15) is 5.69 Å². The first-order valence-electron chi connectivity index (χ1n) is 4.98. The van der Waals surface area contributed by atoms with Gasteiger partial charge in [0.2, 0.25) is 0 Å². The molecule has 1 amide bonds. The van der Waals surface area contributed by atoms with Crippen molar-refractivity contribution in [2.75, 3.05) is 0 Å². The van der Waals surface area contributed by atoms with Crippen LogP contribution in [0.2, 0.25) is 0 Å². The van der Waals surface area contributed by atoms with Crippen LogP contribution in [-0.2, 0) is 6.54 Å². The van der Waals surface area contributed by atoms with Crippen LogP contribution in [0.15, 0.2) is 35.2 Å². The number of carbonyl (C=O) groups excluding carboxylic acids is 1.